The van der Waals surface area contributed by atoms with Crippen LogP contribution in [0.2, 0.25) is 0 Å². The molecule has 3 heteroatoms. The van der Waals surface area contributed by atoms with Gasteiger partial charge < -0.3 is 0 Å². The van der Waals surface area contributed by atoms with Gasteiger partial charge in [0.1, 0.15) is 0 Å². The summed E-state index contributed by atoms with van der Waals surface area (Å²) in [4.78, 5) is 0. The van der Waals surface area contributed by atoms with E-state index in [9.17, 15) is 0 Å². The van der Waals surface area contributed by atoms with E-state index in [1.54, 1.807) is 0 Å². The van der Waals surface area contributed by atoms with Crippen LogP contribution in [0.15, 0.2) is 30.3 Å². The Morgan fingerprint density at radius 3 is 1.46 bits per heavy atom. The van der Waals surface area contributed by atoms with Crippen molar-refractivity contribution in [1.82, 2.24) is 0 Å². The van der Waals surface area contributed by atoms with Crippen LogP contribution < -0.4 is 0 Å². The summed E-state index contributed by atoms with van der Waals surface area (Å²) in [7, 11) is 0.628. The Morgan fingerprint density at radius 2 is 1.31 bits per heavy atom. The predicted molar refractivity (Wildman–Crippen MR) is 77.3 cm³/mol. The molecular weight excluding hydrogens is 425 g/mol. The van der Waals surface area contributed by atoms with Crippen molar-refractivity contribution >= 4 is 40.0 Å². The number of rotatable bonds is 0. The van der Waals surface area contributed by atoms with Crippen LogP contribution in [0.1, 0.15) is 26.8 Å². The van der Waals surface area contributed by atoms with Crippen molar-refractivity contribution in [2.75, 3.05) is 0 Å². The van der Waals surface area contributed by atoms with E-state index in [2.05, 4.69) is 59.0 Å². The molecule has 13 heavy (non-hydrogen) atoms. The summed E-state index contributed by atoms with van der Waals surface area (Å²) in [5.74, 6) is 0. The minimum absolute atomic E-state index is 0. The van der Waals surface area contributed by atoms with Crippen LogP contribution in [0.4, 0.5) is 0 Å². The molecule has 0 saturated carbocycles. The Labute approximate surface area is 112 Å². The first-order chi connectivity index (χ1) is 5.81. The van der Waals surface area contributed by atoms with Crippen LogP contribution in [0, 0.1) is 6.92 Å². The molecule has 0 bridgehead atoms. The molecule has 0 heterocycles. The van der Waals surface area contributed by atoms with Crippen LogP contribution in [0.3, 0.4) is 0 Å². The van der Waals surface area contributed by atoms with Gasteiger partial charge in [-0.2, -0.15) is 0 Å². The third-order valence-electron chi connectivity index (χ3n) is 0.940. The standard InChI is InChI=1S/C7H8.C2H6.CH4.2HI.V/c1-7-5-3-2-4-6-7;1-2;;;;/h2-6H,1H3;1-2H3;1H4;2*1H;/q;;;;;+2/p-2. The number of hydrogen-bond donors (Lipinski definition) is 0. The molecule has 77 valence electrons. The number of aryl methyl sites for hydroxylation is 1. The van der Waals surface area contributed by atoms with Crippen molar-refractivity contribution in [1.29, 1.82) is 0 Å². The fourth-order valence-electron chi connectivity index (χ4n) is 0.534. The van der Waals surface area contributed by atoms with Gasteiger partial charge in [-0.05, 0) is 6.92 Å². The van der Waals surface area contributed by atoms with Crippen LogP contribution in [-0.4, -0.2) is 0 Å². The second-order valence-corrected chi connectivity index (χ2v) is 13.5. The third kappa shape index (κ3) is 19.6. The summed E-state index contributed by atoms with van der Waals surface area (Å²) in [5, 5.41) is 0. The second-order valence-electron chi connectivity index (χ2n) is 1.72. The van der Waals surface area contributed by atoms with Crippen LogP contribution >= 0.6 is 40.0 Å². The normalized spacial score (nSPS) is 6.23. The monoisotopic (exact) mass is 443 g/mol. The minimum atomic E-state index is 0. The van der Waals surface area contributed by atoms with Crippen LogP contribution in [-0.2, 0) is 9.47 Å². The Morgan fingerprint density at radius 1 is 1.00 bits per heavy atom. The topological polar surface area (TPSA) is 0 Å². The van der Waals surface area contributed by atoms with E-state index in [-0.39, 0.29) is 7.43 Å². The molecule has 0 aliphatic carbocycles. The summed E-state index contributed by atoms with van der Waals surface area (Å²) in [6, 6.07) is 10.3. The third-order valence-corrected chi connectivity index (χ3v) is 0.940. The SMILES string of the molecule is C.CC.Cc1ccccc1.[I][V][I]. The van der Waals surface area contributed by atoms with Crippen molar-refractivity contribution in [3.8, 4) is 0 Å². The van der Waals surface area contributed by atoms with Crippen molar-refractivity contribution in [3.63, 3.8) is 0 Å². The summed E-state index contributed by atoms with van der Waals surface area (Å²) in [6.07, 6.45) is 0. The molecule has 0 fully saturated rings. The van der Waals surface area contributed by atoms with Gasteiger partial charge >= 0.3 is 49.4 Å². The van der Waals surface area contributed by atoms with Gasteiger partial charge in [0.05, 0.1) is 0 Å². The first-order valence-corrected chi connectivity index (χ1v) is 12.8. The van der Waals surface area contributed by atoms with E-state index >= 15 is 0 Å². The van der Waals surface area contributed by atoms with Crippen molar-refractivity contribution in [3.05, 3.63) is 35.9 Å². The van der Waals surface area contributed by atoms with Gasteiger partial charge in [0.2, 0.25) is 0 Å². The second kappa shape index (κ2) is 18.9. The summed E-state index contributed by atoms with van der Waals surface area (Å²) in [5.41, 5.74) is 1.32. The summed E-state index contributed by atoms with van der Waals surface area (Å²) < 4.78 is 0. The quantitative estimate of drug-likeness (QED) is 0.470. The van der Waals surface area contributed by atoms with Gasteiger partial charge in [-0.15, -0.1) is 0 Å². The average molecular weight is 443 g/mol. The molecule has 0 aliphatic rings. The predicted octanol–water partition coefficient (Wildman–Crippen LogP) is 5.43. The van der Waals surface area contributed by atoms with E-state index in [4.69, 9.17) is 0 Å². The fourth-order valence-corrected chi connectivity index (χ4v) is 0.534. The first-order valence-electron chi connectivity index (χ1n) is 3.75. The molecule has 0 N–H and O–H groups in total. The van der Waals surface area contributed by atoms with E-state index in [0.717, 1.165) is 0 Å². The van der Waals surface area contributed by atoms with Crippen molar-refractivity contribution < 1.29 is 9.47 Å². The molecule has 0 atom stereocenters. The maximum atomic E-state index is 2.37. The Hall–Kier alpha value is 1.26. The molecule has 0 nitrogen and oxygen atoms in total. The average Bonchev–Trinajstić information content (AvgIpc) is 2.11. The van der Waals surface area contributed by atoms with Crippen molar-refractivity contribution in [2.24, 2.45) is 0 Å². The van der Waals surface area contributed by atoms with Gasteiger partial charge in [0, 0.05) is 0 Å². The zero-order chi connectivity index (χ0) is 9.82. The van der Waals surface area contributed by atoms with E-state index in [1.807, 2.05) is 32.0 Å². The molecule has 1 aromatic carbocycles. The van der Waals surface area contributed by atoms with Gasteiger partial charge in [-0.25, -0.2) is 0 Å². The number of hydrogen-bond acceptors (Lipinski definition) is 0. The van der Waals surface area contributed by atoms with Crippen molar-refractivity contribution in [2.45, 2.75) is 28.2 Å². The van der Waals surface area contributed by atoms with Gasteiger partial charge in [0.25, 0.3) is 0 Å². The molecule has 1 rings (SSSR count). The van der Waals surface area contributed by atoms with Crippen LogP contribution in [0.5, 0.6) is 0 Å². The van der Waals surface area contributed by atoms with Gasteiger partial charge in [0.15, 0.2) is 0 Å². The molecule has 0 aliphatic heterocycles. The zero-order valence-corrected chi connectivity index (χ0v) is 13.3. The zero-order valence-electron chi connectivity index (χ0n) is 7.59. The van der Waals surface area contributed by atoms with E-state index in [0.29, 0.717) is 9.47 Å². The molecule has 0 spiro atoms. The number of benzene rings is 1. The molecular formula is C10H18I2V. The molecule has 1 aromatic rings. The Balaban J connectivity index is -0.000000146. The molecule has 0 unspecified atom stereocenters. The van der Waals surface area contributed by atoms with E-state index in [1.165, 1.54) is 5.56 Å². The molecule has 0 aromatic heterocycles. The maximum absolute atomic E-state index is 2.37. The van der Waals surface area contributed by atoms with E-state index < -0.39 is 0 Å². The Bertz CT molecular complexity index is 154. The van der Waals surface area contributed by atoms with Gasteiger partial charge in [-0.3, -0.25) is 0 Å². The molecule has 0 amide bonds. The van der Waals surface area contributed by atoms with Gasteiger partial charge in [-0.1, -0.05) is 57.2 Å². The summed E-state index contributed by atoms with van der Waals surface area (Å²) >= 11 is 4.74. The summed E-state index contributed by atoms with van der Waals surface area (Å²) in [6.45, 7) is 6.08. The Kier molecular flexibility index (Phi) is 28.8. The van der Waals surface area contributed by atoms with Crippen LogP contribution in [0.25, 0.3) is 0 Å². The molecule has 0 saturated heterocycles. The fraction of sp³-hybridized carbons (Fsp3) is 0.400. The molecule has 0 radical (unpaired) electrons. The first kappa shape index (κ1) is 19.8. The number of halogens is 2.